The Hall–Kier alpha value is -3.16. The van der Waals surface area contributed by atoms with Crippen molar-refractivity contribution < 1.29 is 24.2 Å². The minimum Gasteiger partial charge on any atom is -0.483 e. The van der Waals surface area contributed by atoms with Crippen LogP contribution in [0.1, 0.15) is 69.6 Å². The van der Waals surface area contributed by atoms with Gasteiger partial charge in [-0.1, -0.05) is 50.2 Å². The lowest BCUT2D eigenvalue weighted by atomic mass is 9.48. The molecular weight excluding hydrogens is 528 g/mol. The number of carbonyl (C=O) groups excluding carboxylic acids is 2. The van der Waals surface area contributed by atoms with E-state index in [2.05, 4.69) is 24.8 Å². The third-order valence-corrected chi connectivity index (χ3v) is 10.4. The van der Waals surface area contributed by atoms with Gasteiger partial charge in [-0.15, -0.1) is 0 Å². The molecule has 3 fully saturated rings. The summed E-state index contributed by atoms with van der Waals surface area (Å²) in [5.74, 6) is 1.54. The fourth-order valence-electron chi connectivity index (χ4n) is 8.61. The maximum Gasteiger partial charge on any atom is 0.308 e. The molecule has 1 N–H and O–H groups in total. The predicted molar refractivity (Wildman–Crippen MR) is 160 cm³/mol. The van der Waals surface area contributed by atoms with E-state index in [1.54, 1.807) is 6.08 Å². The van der Waals surface area contributed by atoms with Crippen molar-refractivity contribution in [3.63, 3.8) is 0 Å². The molecule has 42 heavy (non-hydrogen) atoms. The third kappa shape index (κ3) is 4.31. The fraction of sp³-hybridized carbons (Fsp3) is 0.543. The number of hydrogen-bond donors (Lipinski definition) is 1. The van der Waals surface area contributed by atoms with E-state index in [-0.39, 0.29) is 23.9 Å². The zero-order valence-corrected chi connectivity index (χ0v) is 24.9. The van der Waals surface area contributed by atoms with Gasteiger partial charge in [0.05, 0.1) is 17.1 Å². The first kappa shape index (κ1) is 27.7. The number of benzene rings is 2. The van der Waals surface area contributed by atoms with E-state index < -0.39 is 23.1 Å². The monoisotopic (exact) mass is 570 g/mol. The molecule has 2 saturated carbocycles. The van der Waals surface area contributed by atoms with Crippen LogP contribution < -0.4 is 9.47 Å². The van der Waals surface area contributed by atoms with Crippen LogP contribution in [0.5, 0.6) is 11.5 Å². The van der Waals surface area contributed by atoms with Gasteiger partial charge in [0.15, 0.2) is 11.5 Å². The lowest BCUT2D eigenvalue weighted by Gasteiger charge is -2.65. The van der Waals surface area contributed by atoms with E-state index in [9.17, 15) is 14.7 Å². The van der Waals surface area contributed by atoms with Crippen LogP contribution in [0.4, 0.5) is 0 Å². The Morgan fingerprint density at radius 1 is 1.14 bits per heavy atom. The van der Waals surface area contributed by atoms with Crippen LogP contribution in [-0.4, -0.2) is 70.2 Å². The number of carbonyl (C=O) groups is 2. The van der Waals surface area contributed by atoms with Crippen LogP contribution in [0.2, 0.25) is 0 Å². The summed E-state index contributed by atoms with van der Waals surface area (Å²) in [7, 11) is 0. The van der Waals surface area contributed by atoms with Crippen LogP contribution >= 0.6 is 0 Å². The van der Waals surface area contributed by atoms with E-state index in [1.807, 2.05) is 47.4 Å². The normalized spacial score (nSPS) is 31.1. The van der Waals surface area contributed by atoms with E-state index >= 15 is 0 Å². The second-order valence-corrected chi connectivity index (χ2v) is 13.6. The molecule has 5 aliphatic rings. The van der Waals surface area contributed by atoms with Crippen LogP contribution in [0.3, 0.4) is 0 Å². The summed E-state index contributed by atoms with van der Waals surface area (Å²) in [6, 6.07) is 13.6. The summed E-state index contributed by atoms with van der Waals surface area (Å²) in [5, 5.41) is 12.9. The minimum atomic E-state index is -0.985. The van der Waals surface area contributed by atoms with E-state index in [1.165, 1.54) is 25.3 Å². The standard InChI is InChI=1S/C35H42N2O5/c1-22(2)20-37(30(39)14-11-24-7-5-4-6-8-24)27-15-16-35(40)29-19-26-12-13-28(41-23(3)38)32-31(26)34(35,33(27)42-32)17-18-36(29)21-25-9-10-25/h4-8,11-14,22,25,27,29,33,40H,9-10,15-21H2,1-3H3/b14-11+/t27?,29-,33?,34+,35-/m1/s1. The summed E-state index contributed by atoms with van der Waals surface area (Å²) in [6.45, 7) is 8.18. The lowest BCUT2D eigenvalue weighted by molar-refractivity contribution is -0.201. The molecule has 2 bridgehead atoms. The highest BCUT2D eigenvalue weighted by Gasteiger charge is 2.73. The van der Waals surface area contributed by atoms with Gasteiger partial charge in [-0.05, 0) is 80.2 Å². The van der Waals surface area contributed by atoms with Gasteiger partial charge in [0.1, 0.15) is 6.10 Å². The topological polar surface area (TPSA) is 79.3 Å². The number of amides is 1. The van der Waals surface area contributed by atoms with E-state index in [4.69, 9.17) is 9.47 Å². The van der Waals surface area contributed by atoms with Crippen molar-refractivity contribution in [1.29, 1.82) is 0 Å². The summed E-state index contributed by atoms with van der Waals surface area (Å²) in [4.78, 5) is 30.6. The van der Waals surface area contributed by atoms with Gasteiger partial charge < -0.3 is 19.5 Å². The molecule has 2 unspecified atom stereocenters. The highest BCUT2D eigenvalue weighted by Crippen LogP contribution is 2.66. The summed E-state index contributed by atoms with van der Waals surface area (Å²) in [6.07, 6.45) is 8.43. The molecule has 2 aliphatic heterocycles. The van der Waals surface area contributed by atoms with Crippen molar-refractivity contribution in [2.24, 2.45) is 11.8 Å². The van der Waals surface area contributed by atoms with Gasteiger partial charge >= 0.3 is 5.97 Å². The van der Waals surface area contributed by atoms with Gasteiger partial charge in [0.2, 0.25) is 5.91 Å². The molecule has 2 aromatic carbocycles. The van der Waals surface area contributed by atoms with Crippen LogP contribution in [0, 0.1) is 11.8 Å². The molecule has 5 atom stereocenters. The molecule has 1 amide bonds. The van der Waals surface area contributed by atoms with Crippen molar-refractivity contribution in [3.8, 4) is 11.5 Å². The Bertz CT molecular complexity index is 1420. The number of ether oxygens (including phenoxy) is 2. The number of hydrogen-bond acceptors (Lipinski definition) is 6. The average Bonchev–Trinajstić information content (AvgIpc) is 3.70. The first-order valence-electron chi connectivity index (χ1n) is 15.7. The van der Waals surface area contributed by atoms with E-state index in [0.717, 1.165) is 43.0 Å². The number of rotatable bonds is 8. The zero-order valence-electron chi connectivity index (χ0n) is 24.9. The maximum atomic E-state index is 14.0. The molecule has 1 spiro atoms. The van der Waals surface area contributed by atoms with Gasteiger partial charge in [-0.3, -0.25) is 14.5 Å². The van der Waals surface area contributed by atoms with Crippen molar-refractivity contribution in [3.05, 3.63) is 65.2 Å². The molecule has 2 aromatic rings. The molecule has 7 heteroatoms. The maximum absolute atomic E-state index is 14.0. The molecule has 222 valence electrons. The van der Waals surface area contributed by atoms with Crippen LogP contribution in [0.15, 0.2) is 48.5 Å². The molecule has 7 rings (SSSR count). The number of nitrogens with zero attached hydrogens (tertiary/aromatic N) is 2. The van der Waals surface area contributed by atoms with Crippen molar-refractivity contribution >= 4 is 18.0 Å². The van der Waals surface area contributed by atoms with Gasteiger partial charge in [-0.2, -0.15) is 0 Å². The molecular formula is C35H42N2O5. The number of likely N-dealkylation sites (tertiary alicyclic amines) is 1. The average molecular weight is 571 g/mol. The van der Waals surface area contributed by atoms with Gasteiger partial charge in [0.25, 0.3) is 0 Å². The summed E-state index contributed by atoms with van der Waals surface area (Å²) < 4.78 is 12.6. The largest absolute Gasteiger partial charge is 0.483 e. The number of piperidine rings is 1. The second-order valence-electron chi connectivity index (χ2n) is 13.6. The lowest BCUT2D eigenvalue weighted by Crippen LogP contribution is -2.78. The first-order valence-corrected chi connectivity index (χ1v) is 15.7. The molecule has 3 aliphatic carbocycles. The Kier molecular flexibility index (Phi) is 6.74. The quantitative estimate of drug-likeness (QED) is 0.281. The van der Waals surface area contributed by atoms with Crippen LogP contribution in [0.25, 0.3) is 6.08 Å². The Labute approximate surface area is 248 Å². The zero-order chi connectivity index (χ0) is 29.2. The Balaban J connectivity index is 1.31. The predicted octanol–water partition coefficient (Wildman–Crippen LogP) is 4.74. The third-order valence-electron chi connectivity index (χ3n) is 10.4. The van der Waals surface area contributed by atoms with Crippen LogP contribution in [-0.2, 0) is 21.4 Å². The highest BCUT2D eigenvalue weighted by molar-refractivity contribution is 5.92. The smallest absolute Gasteiger partial charge is 0.308 e. The van der Waals surface area contributed by atoms with Gasteiger partial charge in [-0.25, -0.2) is 0 Å². The molecule has 2 heterocycles. The summed E-state index contributed by atoms with van der Waals surface area (Å²) in [5.41, 5.74) is 1.51. The molecule has 1 saturated heterocycles. The fourth-order valence-corrected chi connectivity index (χ4v) is 8.61. The Morgan fingerprint density at radius 2 is 1.93 bits per heavy atom. The van der Waals surface area contributed by atoms with Crippen molar-refractivity contribution in [2.45, 2.75) is 88.5 Å². The Morgan fingerprint density at radius 3 is 2.64 bits per heavy atom. The van der Waals surface area contributed by atoms with Crippen molar-refractivity contribution in [2.75, 3.05) is 19.6 Å². The summed E-state index contributed by atoms with van der Waals surface area (Å²) >= 11 is 0. The second kappa shape index (κ2) is 10.2. The molecule has 7 nitrogen and oxygen atoms in total. The number of aliphatic hydroxyl groups is 1. The van der Waals surface area contributed by atoms with Crippen molar-refractivity contribution in [1.82, 2.24) is 9.80 Å². The number of esters is 1. The van der Waals surface area contributed by atoms with Gasteiger partial charge in [0, 0.05) is 37.7 Å². The van der Waals surface area contributed by atoms with E-state index in [0.29, 0.717) is 30.9 Å². The molecule has 0 aromatic heterocycles. The SMILES string of the molecule is CC(=O)Oc1ccc2c3c1OC1C(N(CC(C)C)C(=O)/C=C/c4ccccc4)CC[C@@]4(O)[C@@H](C2)N(CC2CC2)CC[C@]314. The highest BCUT2D eigenvalue weighted by atomic mass is 16.6. The minimum absolute atomic E-state index is 0.00384. The molecule has 0 radical (unpaired) electrons. The first-order chi connectivity index (χ1) is 20.2.